The van der Waals surface area contributed by atoms with E-state index >= 15 is 0 Å². The van der Waals surface area contributed by atoms with Crippen molar-refractivity contribution in [1.82, 2.24) is 0 Å². The Labute approximate surface area is 175 Å². The molecule has 0 bridgehead atoms. The van der Waals surface area contributed by atoms with E-state index in [1.165, 1.54) is 11.1 Å². The van der Waals surface area contributed by atoms with E-state index in [0.29, 0.717) is 5.92 Å². The zero-order valence-electron chi connectivity index (χ0n) is 17.9. The van der Waals surface area contributed by atoms with Crippen molar-refractivity contribution in [2.75, 3.05) is 0 Å². The third-order valence-corrected chi connectivity index (χ3v) is 4.29. The molecule has 0 aliphatic carbocycles. The van der Waals surface area contributed by atoms with Crippen LogP contribution in [0, 0.1) is 30.6 Å². The van der Waals surface area contributed by atoms with Crippen molar-refractivity contribution in [1.29, 1.82) is 0 Å². The molecule has 0 fully saturated rings. The van der Waals surface area contributed by atoms with Crippen LogP contribution in [0.5, 0.6) is 5.75 Å². The zero-order valence-corrected chi connectivity index (χ0v) is 17.9. The predicted octanol–water partition coefficient (Wildman–Crippen LogP) is 6.65. The van der Waals surface area contributed by atoms with Gasteiger partial charge in [0, 0.05) is 22.3 Å². The Bertz CT molecular complexity index is 1050. The Hall–Kier alpha value is -3.42. The van der Waals surface area contributed by atoms with Crippen LogP contribution in [0.4, 0.5) is 0 Å². The maximum absolute atomic E-state index is 9.37. The van der Waals surface area contributed by atoms with Crippen LogP contribution >= 0.6 is 0 Å². The van der Waals surface area contributed by atoms with Gasteiger partial charge in [0.15, 0.2) is 0 Å². The fourth-order valence-electron chi connectivity index (χ4n) is 2.70. The number of benzene rings is 3. The second-order valence-electron chi connectivity index (χ2n) is 6.87. The molecule has 146 valence electrons. The Morgan fingerprint density at radius 3 is 1.72 bits per heavy atom. The minimum Gasteiger partial charge on any atom is -0.508 e. The molecule has 0 aliphatic rings. The van der Waals surface area contributed by atoms with Crippen LogP contribution in [-0.4, -0.2) is 5.11 Å². The summed E-state index contributed by atoms with van der Waals surface area (Å²) in [5, 5.41) is 9.37. The fraction of sp³-hybridized carbons (Fsp3) is 0.214. The number of hydrogen-bond donors (Lipinski definition) is 1. The second-order valence-corrected chi connectivity index (χ2v) is 6.87. The Kier molecular flexibility index (Phi) is 8.14. The fourth-order valence-corrected chi connectivity index (χ4v) is 2.70. The first-order valence-electron chi connectivity index (χ1n) is 10.0. The molecule has 0 radical (unpaired) electrons. The van der Waals surface area contributed by atoms with Crippen molar-refractivity contribution in [2.24, 2.45) is 0 Å². The molecule has 1 N–H and O–H groups in total. The lowest BCUT2D eigenvalue weighted by Crippen LogP contribution is -1.94. The lowest BCUT2D eigenvalue weighted by atomic mass is 9.95. The van der Waals surface area contributed by atoms with Crippen molar-refractivity contribution < 1.29 is 5.11 Å². The Balaban J connectivity index is 0.00000145. The molecule has 0 saturated heterocycles. The van der Waals surface area contributed by atoms with Gasteiger partial charge in [-0.3, -0.25) is 0 Å². The monoisotopic (exact) mass is 380 g/mol. The summed E-state index contributed by atoms with van der Waals surface area (Å²) in [6, 6.07) is 21.4. The van der Waals surface area contributed by atoms with Gasteiger partial charge < -0.3 is 5.11 Å². The van der Waals surface area contributed by atoms with E-state index in [1.54, 1.807) is 12.1 Å². The molecule has 1 heteroatoms. The molecule has 3 aromatic carbocycles. The molecule has 0 amide bonds. The highest BCUT2D eigenvalue weighted by atomic mass is 16.3. The summed E-state index contributed by atoms with van der Waals surface area (Å²) < 4.78 is 0. The van der Waals surface area contributed by atoms with Crippen molar-refractivity contribution >= 4 is 0 Å². The first-order valence-corrected chi connectivity index (χ1v) is 10.0. The topological polar surface area (TPSA) is 20.2 Å². The molecule has 0 unspecified atom stereocenters. The van der Waals surface area contributed by atoms with Gasteiger partial charge in [0.1, 0.15) is 5.75 Å². The summed E-state index contributed by atoms with van der Waals surface area (Å²) >= 11 is 0. The molecule has 0 heterocycles. The van der Waals surface area contributed by atoms with E-state index < -0.39 is 0 Å². The van der Waals surface area contributed by atoms with E-state index in [9.17, 15) is 5.11 Å². The molecular formula is C28H28O. The zero-order chi connectivity index (χ0) is 21.2. The highest BCUT2D eigenvalue weighted by Crippen LogP contribution is 2.21. The SMILES string of the molecule is CC.Cc1ccc(C#Cc2ccc(C#Cc3ccc(O)cc3)c(C(C)C)c2)cc1. The lowest BCUT2D eigenvalue weighted by molar-refractivity contribution is 0.475. The maximum atomic E-state index is 9.37. The molecule has 0 atom stereocenters. The predicted molar refractivity (Wildman–Crippen MR) is 123 cm³/mol. The van der Waals surface area contributed by atoms with E-state index in [1.807, 2.05) is 50.2 Å². The van der Waals surface area contributed by atoms with Crippen LogP contribution in [0.15, 0.2) is 66.7 Å². The van der Waals surface area contributed by atoms with Crippen LogP contribution in [0.1, 0.15) is 67.0 Å². The number of aromatic hydroxyl groups is 1. The molecule has 1 nitrogen and oxygen atoms in total. The summed E-state index contributed by atoms with van der Waals surface area (Å²) in [5.41, 5.74) is 6.33. The molecular weight excluding hydrogens is 352 g/mol. The lowest BCUT2D eigenvalue weighted by Gasteiger charge is -2.09. The van der Waals surface area contributed by atoms with Crippen LogP contribution in [-0.2, 0) is 0 Å². The maximum Gasteiger partial charge on any atom is 0.115 e. The molecule has 3 aromatic rings. The largest absolute Gasteiger partial charge is 0.508 e. The number of phenols is 1. The van der Waals surface area contributed by atoms with Crippen LogP contribution < -0.4 is 0 Å². The van der Waals surface area contributed by atoms with E-state index in [4.69, 9.17) is 0 Å². The first kappa shape index (κ1) is 21.9. The molecule has 0 saturated carbocycles. The molecule has 0 spiro atoms. The van der Waals surface area contributed by atoms with Crippen molar-refractivity contribution in [3.05, 3.63) is 100 Å². The van der Waals surface area contributed by atoms with Gasteiger partial charge in [-0.2, -0.15) is 0 Å². The average molecular weight is 381 g/mol. The molecule has 0 aromatic heterocycles. The van der Waals surface area contributed by atoms with Gasteiger partial charge in [-0.1, -0.05) is 69.1 Å². The number of rotatable bonds is 1. The van der Waals surface area contributed by atoms with Gasteiger partial charge >= 0.3 is 0 Å². The molecule has 29 heavy (non-hydrogen) atoms. The van der Waals surface area contributed by atoms with Crippen LogP contribution in [0.3, 0.4) is 0 Å². The van der Waals surface area contributed by atoms with E-state index in [2.05, 4.69) is 62.7 Å². The number of aryl methyl sites for hydroxylation is 1. The minimum absolute atomic E-state index is 0.250. The van der Waals surface area contributed by atoms with Crippen LogP contribution in [0.2, 0.25) is 0 Å². The van der Waals surface area contributed by atoms with E-state index in [0.717, 1.165) is 22.3 Å². The number of hydrogen-bond acceptors (Lipinski definition) is 1. The highest BCUT2D eigenvalue weighted by Gasteiger charge is 2.05. The summed E-state index contributed by atoms with van der Waals surface area (Å²) in [7, 11) is 0. The van der Waals surface area contributed by atoms with Crippen LogP contribution in [0.25, 0.3) is 0 Å². The van der Waals surface area contributed by atoms with Crippen molar-refractivity contribution in [3.63, 3.8) is 0 Å². The molecule has 0 aliphatic heterocycles. The first-order chi connectivity index (χ1) is 14.0. The summed E-state index contributed by atoms with van der Waals surface area (Å²) in [6.07, 6.45) is 0. The Morgan fingerprint density at radius 1 is 0.655 bits per heavy atom. The number of phenolic OH excluding ortho intramolecular Hbond substituents is 1. The third-order valence-electron chi connectivity index (χ3n) is 4.29. The summed E-state index contributed by atoms with van der Waals surface area (Å²) in [6.45, 7) is 10.4. The highest BCUT2D eigenvalue weighted by molar-refractivity contribution is 5.53. The van der Waals surface area contributed by atoms with Crippen molar-refractivity contribution in [2.45, 2.75) is 40.5 Å². The van der Waals surface area contributed by atoms with Gasteiger partial charge in [-0.15, -0.1) is 0 Å². The minimum atomic E-state index is 0.250. The average Bonchev–Trinajstić information content (AvgIpc) is 2.74. The van der Waals surface area contributed by atoms with Gasteiger partial charge in [0.05, 0.1) is 0 Å². The standard InChI is InChI=1S/C26H22O.C2H6/c1-19(2)26-18-23(9-8-21-6-4-20(3)5-7-21)11-15-24(26)14-10-22-12-16-25(27)17-13-22;1-2/h4-7,11-13,15-19,27H,1-3H3;1-2H3. The van der Waals surface area contributed by atoms with Gasteiger partial charge in [0.2, 0.25) is 0 Å². The summed E-state index contributed by atoms with van der Waals surface area (Å²) in [5.74, 6) is 13.5. The third kappa shape index (κ3) is 6.60. The normalized spacial score (nSPS) is 9.45. The van der Waals surface area contributed by atoms with Gasteiger partial charge in [-0.25, -0.2) is 0 Å². The summed E-state index contributed by atoms with van der Waals surface area (Å²) in [4.78, 5) is 0. The van der Waals surface area contributed by atoms with Crippen molar-refractivity contribution in [3.8, 4) is 29.4 Å². The smallest absolute Gasteiger partial charge is 0.115 e. The van der Waals surface area contributed by atoms with E-state index in [-0.39, 0.29) is 5.75 Å². The quantitative estimate of drug-likeness (QED) is 0.469. The Morgan fingerprint density at radius 2 is 1.14 bits per heavy atom. The van der Waals surface area contributed by atoms with Gasteiger partial charge in [0.25, 0.3) is 0 Å². The second kappa shape index (κ2) is 10.8. The molecule has 3 rings (SSSR count). The van der Waals surface area contributed by atoms with Gasteiger partial charge in [-0.05, 0) is 73.0 Å².